The largest absolute Gasteiger partial charge is 0.478 e. The van der Waals surface area contributed by atoms with Crippen molar-refractivity contribution in [2.24, 2.45) is 11.7 Å². The molecule has 0 aliphatic carbocycles. The van der Waals surface area contributed by atoms with E-state index in [9.17, 15) is 9.59 Å². The number of hydrogen-bond acceptors (Lipinski definition) is 3. The number of carboxylic acids is 1. The van der Waals surface area contributed by atoms with Crippen LogP contribution >= 0.6 is 0 Å². The van der Waals surface area contributed by atoms with Gasteiger partial charge in [0.25, 0.3) is 0 Å². The van der Waals surface area contributed by atoms with E-state index in [0.29, 0.717) is 19.0 Å². The molecule has 0 heterocycles. The maximum atomic E-state index is 10.7. The molecule has 0 bridgehead atoms. The second-order valence-electron chi connectivity index (χ2n) is 3.79. The minimum Gasteiger partial charge on any atom is -0.478 e. The molecule has 0 aromatic carbocycles. The standard InChI is InChI=1S/C10H18N2O3/c1-8(2)6-12(7-9(11)13)5-3-4-10(14)15/h3-4,8H,5-7H2,1-2H3,(H2,11,13)(H,14,15)/b4-3+. The molecule has 0 unspecified atom stereocenters. The molecule has 1 amide bonds. The number of nitrogens with zero attached hydrogens (tertiary/aromatic N) is 1. The van der Waals surface area contributed by atoms with Crippen LogP contribution in [0.15, 0.2) is 12.2 Å². The van der Waals surface area contributed by atoms with E-state index in [1.165, 1.54) is 6.08 Å². The Hall–Kier alpha value is -1.36. The highest BCUT2D eigenvalue weighted by atomic mass is 16.4. The van der Waals surface area contributed by atoms with Gasteiger partial charge in [-0.15, -0.1) is 0 Å². The van der Waals surface area contributed by atoms with E-state index in [2.05, 4.69) is 0 Å². The normalized spacial score (nSPS) is 11.5. The van der Waals surface area contributed by atoms with Gasteiger partial charge in [0.1, 0.15) is 0 Å². The van der Waals surface area contributed by atoms with Crippen LogP contribution in [-0.2, 0) is 9.59 Å². The number of carboxylic acid groups (broad SMARTS) is 1. The van der Waals surface area contributed by atoms with Crippen LogP contribution < -0.4 is 5.73 Å². The molecule has 0 spiro atoms. The Labute approximate surface area is 89.6 Å². The van der Waals surface area contributed by atoms with E-state index >= 15 is 0 Å². The Bertz CT molecular complexity index is 249. The summed E-state index contributed by atoms with van der Waals surface area (Å²) in [7, 11) is 0. The fourth-order valence-electron chi connectivity index (χ4n) is 1.24. The zero-order chi connectivity index (χ0) is 11.8. The third-order valence-corrected chi connectivity index (χ3v) is 1.63. The van der Waals surface area contributed by atoms with Crippen LogP contribution in [0.1, 0.15) is 13.8 Å². The molecule has 0 fully saturated rings. The Kier molecular flexibility index (Phi) is 6.37. The molecule has 0 atom stereocenters. The highest BCUT2D eigenvalue weighted by molar-refractivity contribution is 5.79. The van der Waals surface area contributed by atoms with Gasteiger partial charge in [-0.3, -0.25) is 9.69 Å². The summed E-state index contributed by atoms with van der Waals surface area (Å²) in [5, 5.41) is 8.39. The SMILES string of the molecule is CC(C)CN(C/C=C/C(=O)O)CC(N)=O. The predicted molar refractivity (Wildman–Crippen MR) is 57.2 cm³/mol. The van der Waals surface area contributed by atoms with Gasteiger partial charge in [-0.2, -0.15) is 0 Å². The van der Waals surface area contributed by atoms with Crippen LogP contribution in [0.4, 0.5) is 0 Å². The quantitative estimate of drug-likeness (QED) is 0.587. The van der Waals surface area contributed by atoms with Gasteiger partial charge in [0, 0.05) is 19.2 Å². The highest BCUT2D eigenvalue weighted by Crippen LogP contribution is 1.98. The molecular weight excluding hydrogens is 196 g/mol. The van der Waals surface area contributed by atoms with E-state index in [4.69, 9.17) is 10.8 Å². The second-order valence-corrected chi connectivity index (χ2v) is 3.79. The van der Waals surface area contributed by atoms with Crippen molar-refractivity contribution in [3.05, 3.63) is 12.2 Å². The van der Waals surface area contributed by atoms with Crippen molar-refractivity contribution in [2.45, 2.75) is 13.8 Å². The first-order chi connectivity index (χ1) is 6.91. The first kappa shape index (κ1) is 13.6. The first-order valence-corrected chi connectivity index (χ1v) is 4.82. The fourth-order valence-corrected chi connectivity index (χ4v) is 1.24. The maximum Gasteiger partial charge on any atom is 0.328 e. The second kappa shape index (κ2) is 7.00. The Morgan fingerprint density at radius 1 is 1.47 bits per heavy atom. The van der Waals surface area contributed by atoms with Crippen LogP contribution in [0.3, 0.4) is 0 Å². The van der Waals surface area contributed by atoms with Gasteiger partial charge in [0.2, 0.25) is 5.91 Å². The monoisotopic (exact) mass is 214 g/mol. The number of carbonyl (C=O) groups excluding carboxylic acids is 1. The van der Waals surface area contributed by atoms with Crippen molar-refractivity contribution in [1.82, 2.24) is 4.90 Å². The fraction of sp³-hybridized carbons (Fsp3) is 0.600. The molecular formula is C10H18N2O3. The summed E-state index contributed by atoms with van der Waals surface area (Å²) >= 11 is 0. The lowest BCUT2D eigenvalue weighted by atomic mass is 10.2. The smallest absolute Gasteiger partial charge is 0.328 e. The van der Waals surface area contributed by atoms with Crippen molar-refractivity contribution in [3.8, 4) is 0 Å². The van der Waals surface area contributed by atoms with Gasteiger partial charge in [0.05, 0.1) is 6.54 Å². The third kappa shape index (κ3) is 8.96. The molecule has 5 nitrogen and oxygen atoms in total. The molecule has 0 aliphatic heterocycles. The minimum atomic E-state index is -0.987. The lowest BCUT2D eigenvalue weighted by molar-refractivity contribution is -0.131. The first-order valence-electron chi connectivity index (χ1n) is 4.82. The van der Waals surface area contributed by atoms with Gasteiger partial charge >= 0.3 is 5.97 Å². The van der Waals surface area contributed by atoms with Gasteiger partial charge in [-0.1, -0.05) is 19.9 Å². The van der Waals surface area contributed by atoms with Crippen LogP contribution in [-0.4, -0.2) is 41.5 Å². The molecule has 5 heteroatoms. The number of nitrogens with two attached hydrogens (primary N) is 1. The zero-order valence-corrected chi connectivity index (χ0v) is 9.14. The number of hydrogen-bond donors (Lipinski definition) is 2. The number of carbonyl (C=O) groups is 2. The van der Waals surface area contributed by atoms with E-state index in [0.717, 1.165) is 6.08 Å². The van der Waals surface area contributed by atoms with Crippen molar-refractivity contribution in [2.75, 3.05) is 19.6 Å². The topological polar surface area (TPSA) is 83.6 Å². The summed E-state index contributed by atoms with van der Waals surface area (Å²) in [6.45, 7) is 5.34. The van der Waals surface area contributed by atoms with Gasteiger partial charge in [-0.25, -0.2) is 4.79 Å². The predicted octanol–water partition coefficient (Wildman–Crippen LogP) is 0.0705. The van der Waals surface area contributed by atoms with Gasteiger partial charge in [0.15, 0.2) is 0 Å². The summed E-state index contributed by atoms with van der Waals surface area (Å²) in [5.41, 5.74) is 5.08. The highest BCUT2D eigenvalue weighted by Gasteiger charge is 2.08. The van der Waals surface area contributed by atoms with E-state index in [-0.39, 0.29) is 6.54 Å². The average Bonchev–Trinajstić information content (AvgIpc) is 2.00. The number of aliphatic carboxylic acids is 1. The number of rotatable bonds is 7. The number of amides is 1. The lowest BCUT2D eigenvalue weighted by Crippen LogP contribution is -2.36. The Morgan fingerprint density at radius 3 is 2.47 bits per heavy atom. The molecule has 0 aromatic heterocycles. The summed E-state index contributed by atoms with van der Waals surface area (Å²) in [6.07, 6.45) is 2.57. The average molecular weight is 214 g/mol. The molecule has 0 aromatic rings. The molecule has 0 saturated heterocycles. The van der Waals surface area contributed by atoms with Crippen LogP contribution in [0.2, 0.25) is 0 Å². The zero-order valence-electron chi connectivity index (χ0n) is 9.14. The molecule has 0 rings (SSSR count). The van der Waals surface area contributed by atoms with Crippen molar-refractivity contribution < 1.29 is 14.7 Å². The lowest BCUT2D eigenvalue weighted by Gasteiger charge is -2.20. The number of primary amides is 1. The van der Waals surface area contributed by atoms with Crippen LogP contribution in [0.5, 0.6) is 0 Å². The van der Waals surface area contributed by atoms with Crippen LogP contribution in [0, 0.1) is 5.92 Å². The molecule has 0 saturated carbocycles. The van der Waals surface area contributed by atoms with Crippen molar-refractivity contribution >= 4 is 11.9 Å². The van der Waals surface area contributed by atoms with Gasteiger partial charge < -0.3 is 10.8 Å². The summed E-state index contributed by atoms with van der Waals surface area (Å²) in [5.74, 6) is -0.986. The Morgan fingerprint density at radius 2 is 2.07 bits per heavy atom. The summed E-state index contributed by atoms with van der Waals surface area (Å²) in [4.78, 5) is 22.8. The minimum absolute atomic E-state index is 0.155. The maximum absolute atomic E-state index is 10.7. The third-order valence-electron chi connectivity index (χ3n) is 1.63. The van der Waals surface area contributed by atoms with E-state index in [1.807, 2.05) is 18.7 Å². The summed E-state index contributed by atoms with van der Waals surface area (Å²) < 4.78 is 0. The summed E-state index contributed by atoms with van der Waals surface area (Å²) in [6, 6.07) is 0. The van der Waals surface area contributed by atoms with Crippen molar-refractivity contribution in [3.63, 3.8) is 0 Å². The molecule has 86 valence electrons. The van der Waals surface area contributed by atoms with Crippen LogP contribution in [0.25, 0.3) is 0 Å². The van der Waals surface area contributed by atoms with Gasteiger partial charge in [-0.05, 0) is 5.92 Å². The molecule has 0 radical (unpaired) electrons. The molecule has 0 aliphatic rings. The molecule has 3 N–H and O–H groups in total. The van der Waals surface area contributed by atoms with E-state index < -0.39 is 11.9 Å². The Balaban J connectivity index is 4.11. The molecule has 15 heavy (non-hydrogen) atoms. The van der Waals surface area contributed by atoms with Crippen molar-refractivity contribution in [1.29, 1.82) is 0 Å². The van der Waals surface area contributed by atoms with E-state index in [1.54, 1.807) is 0 Å².